The van der Waals surface area contributed by atoms with Crippen molar-refractivity contribution in [2.75, 3.05) is 24.7 Å². The summed E-state index contributed by atoms with van der Waals surface area (Å²) in [6.07, 6.45) is 0. The van der Waals surface area contributed by atoms with Crippen LogP contribution in [0, 0.1) is 5.82 Å². The highest BCUT2D eigenvalue weighted by Gasteiger charge is 2.08. The van der Waals surface area contributed by atoms with Crippen LogP contribution in [0.3, 0.4) is 0 Å². The molecule has 0 unspecified atom stereocenters. The van der Waals surface area contributed by atoms with Gasteiger partial charge in [0.2, 0.25) is 0 Å². The molecule has 4 nitrogen and oxygen atoms in total. The zero-order valence-corrected chi connectivity index (χ0v) is 14.7. The Morgan fingerprint density at radius 1 is 1.25 bits per heavy atom. The van der Waals surface area contributed by atoms with Crippen LogP contribution < -0.4 is 15.4 Å². The van der Waals surface area contributed by atoms with Crippen LogP contribution in [0.25, 0.3) is 0 Å². The number of nitrogens with one attached hydrogen (secondary N) is 2. The number of anilines is 1. The van der Waals surface area contributed by atoms with E-state index >= 15 is 0 Å². The van der Waals surface area contributed by atoms with Gasteiger partial charge in [0, 0.05) is 28.6 Å². The number of ether oxygens (including phenoxy) is 1. The third kappa shape index (κ3) is 5.32. The Kier molecular flexibility index (Phi) is 7.21. The first-order valence-corrected chi connectivity index (χ1v) is 8.83. The Hall–Kier alpha value is -1.92. The Morgan fingerprint density at radius 3 is 2.79 bits per heavy atom. The van der Waals surface area contributed by atoms with Gasteiger partial charge in [0.25, 0.3) is 0 Å². The number of hydrogen-bond acceptors (Lipinski definition) is 3. The quantitative estimate of drug-likeness (QED) is 0.705. The normalized spacial score (nSPS) is 10.3. The Morgan fingerprint density at radius 2 is 2.04 bits per heavy atom. The molecule has 0 spiro atoms. The second kappa shape index (κ2) is 9.39. The van der Waals surface area contributed by atoms with E-state index in [0.717, 1.165) is 0 Å². The van der Waals surface area contributed by atoms with Gasteiger partial charge in [0.05, 0.1) is 12.8 Å². The first kappa shape index (κ1) is 18.4. The van der Waals surface area contributed by atoms with E-state index in [4.69, 9.17) is 16.3 Å². The minimum Gasteiger partial charge on any atom is -0.495 e. The summed E-state index contributed by atoms with van der Waals surface area (Å²) in [5, 5.41) is 5.89. The molecule has 24 heavy (non-hydrogen) atoms. The number of methoxy groups -OCH3 is 1. The highest BCUT2D eigenvalue weighted by atomic mass is 35.5. The lowest BCUT2D eigenvalue weighted by molar-refractivity contribution is 0.252. The van der Waals surface area contributed by atoms with Crippen LogP contribution in [-0.4, -0.2) is 25.4 Å². The van der Waals surface area contributed by atoms with E-state index in [-0.39, 0.29) is 11.8 Å². The number of carbonyl (C=O) groups is 1. The van der Waals surface area contributed by atoms with Gasteiger partial charge in [-0.05, 0) is 24.3 Å². The van der Waals surface area contributed by atoms with Crippen molar-refractivity contribution in [2.24, 2.45) is 0 Å². The van der Waals surface area contributed by atoms with E-state index in [9.17, 15) is 9.18 Å². The van der Waals surface area contributed by atoms with Crippen LogP contribution in [0.4, 0.5) is 14.9 Å². The summed E-state index contributed by atoms with van der Waals surface area (Å²) in [4.78, 5) is 11.9. The maximum Gasteiger partial charge on any atom is 0.319 e. The molecule has 0 saturated heterocycles. The van der Waals surface area contributed by atoms with Crippen molar-refractivity contribution in [3.05, 3.63) is 58.9 Å². The summed E-state index contributed by atoms with van der Waals surface area (Å²) in [5.41, 5.74) is 1.09. The van der Waals surface area contributed by atoms with Crippen molar-refractivity contribution in [2.45, 2.75) is 5.75 Å². The number of hydrogen-bond donors (Lipinski definition) is 2. The number of amides is 2. The van der Waals surface area contributed by atoms with Crippen LogP contribution in [0.15, 0.2) is 42.5 Å². The molecule has 0 aliphatic rings. The standard InChI is InChI=1S/C17H18ClFN2O2S/c1-23-16-8-3-2-7-15(16)21-17(22)20-9-10-24-11-12-13(18)5-4-6-14(12)19/h2-8H,9-11H2,1H3,(H2,20,21,22). The molecule has 2 aromatic carbocycles. The summed E-state index contributed by atoms with van der Waals surface area (Å²) in [5.74, 6) is 1.39. The first-order chi connectivity index (χ1) is 11.6. The molecule has 2 N–H and O–H groups in total. The summed E-state index contributed by atoms with van der Waals surface area (Å²) >= 11 is 7.47. The van der Waals surface area contributed by atoms with Crippen LogP contribution in [0.1, 0.15) is 5.56 Å². The fourth-order valence-electron chi connectivity index (χ4n) is 2.00. The molecule has 0 fully saturated rings. The molecule has 0 saturated carbocycles. The Labute approximate surface area is 149 Å². The molecule has 0 heterocycles. The van der Waals surface area contributed by atoms with E-state index < -0.39 is 0 Å². The van der Waals surface area contributed by atoms with Crippen LogP contribution in [0.2, 0.25) is 5.02 Å². The summed E-state index contributed by atoms with van der Waals surface area (Å²) in [6, 6.07) is 11.5. The van der Waals surface area contributed by atoms with Crippen molar-refractivity contribution in [3.63, 3.8) is 0 Å². The molecule has 0 aromatic heterocycles. The number of carbonyl (C=O) groups excluding carboxylic acids is 1. The van der Waals surface area contributed by atoms with E-state index in [2.05, 4.69) is 10.6 Å². The average molecular weight is 369 g/mol. The Balaban J connectivity index is 1.71. The molecule has 2 aromatic rings. The Bertz CT molecular complexity index is 680. The molecule has 7 heteroatoms. The first-order valence-electron chi connectivity index (χ1n) is 7.30. The molecular formula is C17H18ClFN2O2S. The van der Waals surface area contributed by atoms with E-state index in [1.807, 2.05) is 12.1 Å². The molecule has 2 rings (SSSR count). The molecular weight excluding hydrogens is 351 g/mol. The number of thioether (sulfide) groups is 1. The summed E-state index contributed by atoms with van der Waals surface area (Å²) < 4.78 is 18.8. The molecule has 128 valence electrons. The third-order valence-corrected chi connectivity index (χ3v) is 4.53. The molecule has 0 bridgehead atoms. The van der Waals surface area contributed by atoms with Gasteiger partial charge in [-0.2, -0.15) is 11.8 Å². The third-order valence-electron chi connectivity index (χ3n) is 3.20. The molecule has 0 aliphatic carbocycles. The number of halogens is 2. The second-order valence-corrected chi connectivity index (χ2v) is 6.35. The van der Waals surface area contributed by atoms with Gasteiger partial charge in [-0.3, -0.25) is 0 Å². The number of para-hydroxylation sites is 2. The van der Waals surface area contributed by atoms with Crippen molar-refractivity contribution in [1.82, 2.24) is 5.32 Å². The summed E-state index contributed by atoms with van der Waals surface area (Å²) in [6.45, 7) is 0.456. The lowest BCUT2D eigenvalue weighted by Crippen LogP contribution is -2.30. The predicted molar refractivity (Wildman–Crippen MR) is 97.6 cm³/mol. The van der Waals surface area contributed by atoms with Crippen molar-refractivity contribution in [1.29, 1.82) is 0 Å². The van der Waals surface area contributed by atoms with Crippen LogP contribution in [0.5, 0.6) is 5.75 Å². The minimum absolute atomic E-state index is 0.308. The highest BCUT2D eigenvalue weighted by Crippen LogP contribution is 2.24. The molecule has 0 atom stereocenters. The number of rotatable bonds is 7. The van der Waals surface area contributed by atoms with Gasteiger partial charge in [-0.1, -0.05) is 29.8 Å². The maximum atomic E-state index is 13.6. The average Bonchev–Trinajstić information content (AvgIpc) is 2.57. The number of benzene rings is 2. The SMILES string of the molecule is COc1ccccc1NC(=O)NCCSCc1c(F)cccc1Cl. The second-order valence-electron chi connectivity index (χ2n) is 4.83. The van der Waals surface area contributed by atoms with E-state index in [0.29, 0.717) is 40.1 Å². The minimum atomic E-state index is -0.316. The van der Waals surface area contributed by atoms with Gasteiger partial charge in [0.15, 0.2) is 0 Å². The monoisotopic (exact) mass is 368 g/mol. The molecule has 0 aliphatic heterocycles. The molecule has 2 amide bonds. The van der Waals surface area contributed by atoms with Gasteiger partial charge in [-0.25, -0.2) is 9.18 Å². The van der Waals surface area contributed by atoms with Crippen LogP contribution in [-0.2, 0) is 5.75 Å². The topological polar surface area (TPSA) is 50.4 Å². The fourth-order valence-corrected chi connectivity index (χ4v) is 3.19. The largest absolute Gasteiger partial charge is 0.495 e. The summed E-state index contributed by atoms with van der Waals surface area (Å²) in [7, 11) is 1.54. The van der Waals surface area contributed by atoms with Gasteiger partial charge < -0.3 is 15.4 Å². The lowest BCUT2D eigenvalue weighted by atomic mass is 10.2. The smallest absolute Gasteiger partial charge is 0.319 e. The maximum absolute atomic E-state index is 13.6. The highest BCUT2D eigenvalue weighted by molar-refractivity contribution is 7.98. The number of urea groups is 1. The van der Waals surface area contributed by atoms with Gasteiger partial charge in [-0.15, -0.1) is 0 Å². The van der Waals surface area contributed by atoms with Crippen molar-refractivity contribution in [3.8, 4) is 5.75 Å². The van der Waals surface area contributed by atoms with E-state index in [1.165, 1.54) is 17.8 Å². The van der Waals surface area contributed by atoms with E-state index in [1.54, 1.807) is 31.4 Å². The fraction of sp³-hybridized carbons (Fsp3) is 0.235. The van der Waals surface area contributed by atoms with Gasteiger partial charge >= 0.3 is 6.03 Å². The predicted octanol–water partition coefficient (Wildman–Crippen LogP) is 4.54. The van der Waals surface area contributed by atoms with Crippen molar-refractivity contribution >= 4 is 35.1 Å². The molecule has 0 radical (unpaired) electrons. The zero-order chi connectivity index (χ0) is 17.4. The van der Waals surface area contributed by atoms with Gasteiger partial charge in [0.1, 0.15) is 11.6 Å². The zero-order valence-electron chi connectivity index (χ0n) is 13.1. The van der Waals surface area contributed by atoms with Crippen LogP contribution >= 0.6 is 23.4 Å². The lowest BCUT2D eigenvalue weighted by Gasteiger charge is -2.11. The van der Waals surface area contributed by atoms with Crippen molar-refractivity contribution < 1.29 is 13.9 Å².